The van der Waals surface area contributed by atoms with E-state index in [1.807, 2.05) is 6.92 Å². The van der Waals surface area contributed by atoms with Gasteiger partial charge in [-0.3, -0.25) is 14.9 Å². The Kier molecular flexibility index (Phi) is 3.45. The van der Waals surface area contributed by atoms with E-state index in [-0.39, 0.29) is 17.7 Å². The highest BCUT2D eigenvalue weighted by Gasteiger charge is 2.27. The maximum Gasteiger partial charge on any atom is 0.233 e. The Labute approximate surface area is 83.1 Å². The van der Waals surface area contributed by atoms with Gasteiger partial charge in [0.25, 0.3) is 0 Å². The lowest BCUT2D eigenvalue weighted by molar-refractivity contribution is -0.135. The number of hydrogen-bond donors (Lipinski definition) is 2. The average molecular weight is 194 g/mol. The monoisotopic (exact) mass is 194 g/mol. The van der Waals surface area contributed by atoms with E-state index < -0.39 is 0 Å². The normalized spacial score (nSPS) is 22.9. The van der Waals surface area contributed by atoms with Crippen molar-refractivity contribution >= 4 is 11.8 Å². The number of hydrogen-bond acceptors (Lipinski definition) is 3. The number of carbonyl (C=O) groups is 2. The Hall–Kier alpha value is -1.58. The molecule has 0 radical (unpaired) electrons. The highest BCUT2D eigenvalue weighted by atomic mass is 16.2. The first-order valence-corrected chi connectivity index (χ1v) is 4.52. The summed E-state index contributed by atoms with van der Waals surface area (Å²) in [6.07, 6.45) is 4.27. The van der Waals surface area contributed by atoms with E-state index in [9.17, 15) is 9.59 Å². The Bertz CT molecular complexity index is 294. The molecule has 1 heterocycles. The van der Waals surface area contributed by atoms with E-state index in [0.29, 0.717) is 12.8 Å². The minimum absolute atomic E-state index is 0.185. The zero-order chi connectivity index (χ0) is 10.6. The van der Waals surface area contributed by atoms with Crippen molar-refractivity contribution in [1.82, 2.24) is 10.6 Å². The summed E-state index contributed by atoms with van der Waals surface area (Å²) in [5, 5.41) is 5.13. The van der Waals surface area contributed by atoms with Crippen molar-refractivity contribution < 1.29 is 9.59 Å². The second kappa shape index (κ2) is 4.60. The number of rotatable bonds is 3. The lowest BCUT2D eigenvalue weighted by atomic mass is 9.92. The van der Waals surface area contributed by atoms with E-state index in [2.05, 4.69) is 17.2 Å². The maximum atomic E-state index is 11.4. The smallest absolute Gasteiger partial charge is 0.233 e. The van der Waals surface area contributed by atoms with Gasteiger partial charge in [0.2, 0.25) is 11.8 Å². The Balaban J connectivity index is 2.64. The molecule has 0 aliphatic carbocycles. The molecule has 2 amide bonds. The number of carbonyl (C=O) groups excluding carboxylic acids is 2. The first-order valence-electron chi connectivity index (χ1n) is 4.52. The van der Waals surface area contributed by atoms with Gasteiger partial charge in [-0.2, -0.15) is 0 Å². The quantitative estimate of drug-likeness (QED) is 0.649. The Morgan fingerprint density at radius 2 is 2.36 bits per heavy atom. The molecule has 1 aliphatic rings. The summed E-state index contributed by atoms with van der Waals surface area (Å²) in [6, 6.07) is 0. The SMILES string of the molecule is C=CN/C=C(\C)C1CCC(=O)NC1=O. The molecule has 0 bridgehead atoms. The van der Waals surface area contributed by atoms with Crippen molar-refractivity contribution in [2.24, 2.45) is 5.92 Å². The van der Waals surface area contributed by atoms with E-state index in [1.165, 1.54) is 6.20 Å². The van der Waals surface area contributed by atoms with Crippen LogP contribution >= 0.6 is 0 Å². The molecule has 1 fully saturated rings. The molecule has 14 heavy (non-hydrogen) atoms. The molecular weight excluding hydrogens is 180 g/mol. The fraction of sp³-hybridized carbons (Fsp3) is 0.400. The molecule has 2 N–H and O–H groups in total. The lowest BCUT2D eigenvalue weighted by Crippen LogP contribution is -2.41. The van der Waals surface area contributed by atoms with Crippen LogP contribution in [0.4, 0.5) is 0 Å². The fourth-order valence-corrected chi connectivity index (χ4v) is 1.42. The zero-order valence-electron chi connectivity index (χ0n) is 8.17. The number of piperidine rings is 1. The molecule has 1 unspecified atom stereocenters. The third kappa shape index (κ3) is 2.45. The average Bonchev–Trinajstić information content (AvgIpc) is 2.14. The van der Waals surface area contributed by atoms with Crippen LogP contribution in [0.3, 0.4) is 0 Å². The van der Waals surface area contributed by atoms with Crippen molar-refractivity contribution in [2.75, 3.05) is 0 Å². The van der Waals surface area contributed by atoms with Gasteiger partial charge in [-0.25, -0.2) is 0 Å². The number of amides is 2. The molecule has 1 atom stereocenters. The topological polar surface area (TPSA) is 58.2 Å². The third-order valence-electron chi connectivity index (χ3n) is 2.22. The molecular formula is C10H14N2O2. The molecule has 1 aliphatic heterocycles. The molecule has 4 nitrogen and oxygen atoms in total. The first kappa shape index (κ1) is 10.5. The van der Waals surface area contributed by atoms with Crippen LogP contribution in [0, 0.1) is 5.92 Å². The Morgan fingerprint density at radius 3 is 2.93 bits per heavy atom. The highest BCUT2D eigenvalue weighted by molar-refractivity contribution is 5.99. The number of nitrogens with one attached hydrogen (secondary N) is 2. The largest absolute Gasteiger partial charge is 0.368 e. The van der Waals surface area contributed by atoms with Gasteiger partial charge in [0, 0.05) is 12.6 Å². The van der Waals surface area contributed by atoms with E-state index >= 15 is 0 Å². The summed E-state index contributed by atoms with van der Waals surface area (Å²) >= 11 is 0. The van der Waals surface area contributed by atoms with E-state index in [1.54, 1.807) is 6.20 Å². The fourth-order valence-electron chi connectivity index (χ4n) is 1.42. The number of imide groups is 1. The predicted molar refractivity (Wildman–Crippen MR) is 53.0 cm³/mol. The summed E-state index contributed by atoms with van der Waals surface area (Å²) < 4.78 is 0. The Morgan fingerprint density at radius 1 is 1.64 bits per heavy atom. The zero-order valence-corrected chi connectivity index (χ0v) is 8.17. The van der Waals surface area contributed by atoms with Crippen LogP contribution in [0.1, 0.15) is 19.8 Å². The summed E-state index contributed by atoms with van der Waals surface area (Å²) in [7, 11) is 0. The summed E-state index contributed by atoms with van der Waals surface area (Å²) in [4.78, 5) is 22.3. The molecule has 0 saturated carbocycles. The molecule has 1 rings (SSSR count). The molecule has 0 aromatic heterocycles. The van der Waals surface area contributed by atoms with Crippen LogP contribution in [0.15, 0.2) is 24.6 Å². The van der Waals surface area contributed by atoms with Gasteiger partial charge < -0.3 is 5.32 Å². The summed E-state index contributed by atoms with van der Waals surface area (Å²) in [5.74, 6) is -0.586. The molecule has 76 valence electrons. The molecule has 4 heteroatoms. The standard InChI is InChI=1S/C10H14N2O2/c1-3-11-6-7(2)8-4-5-9(13)12-10(8)14/h3,6,8,11H,1,4-5H2,2H3,(H,12,13,14)/b7-6+. The third-order valence-corrected chi connectivity index (χ3v) is 2.22. The van der Waals surface area contributed by atoms with Crippen molar-refractivity contribution in [1.29, 1.82) is 0 Å². The minimum Gasteiger partial charge on any atom is -0.368 e. The molecule has 1 saturated heterocycles. The van der Waals surface area contributed by atoms with Gasteiger partial charge in [0.05, 0.1) is 5.92 Å². The highest BCUT2D eigenvalue weighted by Crippen LogP contribution is 2.19. The van der Waals surface area contributed by atoms with Gasteiger partial charge in [-0.15, -0.1) is 0 Å². The molecule has 0 aromatic carbocycles. The first-order chi connectivity index (χ1) is 6.65. The van der Waals surface area contributed by atoms with Crippen LogP contribution in [-0.2, 0) is 9.59 Å². The molecule has 0 spiro atoms. The van der Waals surface area contributed by atoms with Crippen LogP contribution in [0.5, 0.6) is 0 Å². The minimum atomic E-state index is -0.208. The van der Waals surface area contributed by atoms with Crippen molar-refractivity contribution in [3.05, 3.63) is 24.6 Å². The van der Waals surface area contributed by atoms with Crippen LogP contribution in [0.25, 0.3) is 0 Å². The van der Waals surface area contributed by atoms with Gasteiger partial charge in [-0.05, 0) is 25.1 Å². The molecule has 0 aromatic rings. The van der Waals surface area contributed by atoms with Crippen molar-refractivity contribution in [2.45, 2.75) is 19.8 Å². The van der Waals surface area contributed by atoms with Gasteiger partial charge in [0.1, 0.15) is 0 Å². The van der Waals surface area contributed by atoms with Crippen LogP contribution < -0.4 is 10.6 Å². The van der Waals surface area contributed by atoms with E-state index in [0.717, 1.165) is 5.57 Å². The van der Waals surface area contributed by atoms with Crippen LogP contribution in [0.2, 0.25) is 0 Å². The van der Waals surface area contributed by atoms with E-state index in [4.69, 9.17) is 0 Å². The van der Waals surface area contributed by atoms with Gasteiger partial charge in [-0.1, -0.05) is 6.58 Å². The van der Waals surface area contributed by atoms with Crippen molar-refractivity contribution in [3.63, 3.8) is 0 Å². The maximum absolute atomic E-state index is 11.4. The summed E-state index contributed by atoms with van der Waals surface area (Å²) in [6.45, 7) is 5.36. The van der Waals surface area contributed by atoms with Crippen LogP contribution in [-0.4, -0.2) is 11.8 Å². The van der Waals surface area contributed by atoms with Crippen molar-refractivity contribution in [3.8, 4) is 0 Å². The second-order valence-corrected chi connectivity index (χ2v) is 3.26. The second-order valence-electron chi connectivity index (χ2n) is 3.26. The van der Waals surface area contributed by atoms with Gasteiger partial charge in [0.15, 0.2) is 0 Å². The lowest BCUT2D eigenvalue weighted by Gasteiger charge is -2.21. The predicted octanol–water partition coefficient (Wildman–Crippen LogP) is 0.676. The van der Waals surface area contributed by atoms with Gasteiger partial charge >= 0.3 is 0 Å². The summed E-state index contributed by atoms with van der Waals surface area (Å²) in [5.41, 5.74) is 0.912.